The van der Waals surface area contributed by atoms with Gasteiger partial charge in [0.05, 0.1) is 12.8 Å². The van der Waals surface area contributed by atoms with Crippen LogP contribution in [0, 0.1) is 5.92 Å². The normalized spacial score (nSPS) is 22.7. The number of hydrogen-bond donors (Lipinski definition) is 0. The standard InChI is InChI=1S/C28H34N4O3/c33-28(20-31-14-12-30(13-15-31)19-21-7-2-1-3-8-21)32-24(26-11-6-16-34-26)18-23(29-32)27-17-22-9-4-5-10-25(22)35-27/h4-6,9-11,16-17,21,24H,1-3,7-8,12-15,18-20H2. The minimum atomic E-state index is -0.242. The zero-order valence-electron chi connectivity index (χ0n) is 20.3. The second-order valence-corrected chi connectivity index (χ2v) is 10.2. The SMILES string of the molecule is O=C(CN1CCN(CC2CCCCC2)CC1)N1N=C(c2cc3ccccc3o2)CC1c1ccco1. The van der Waals surface area contributed by atoms with Crippen molar-refractivity contribution in [1.82, 2.24) is 14.8 Å². The minimum Gasteiger partial charge on any atom is -0.467 e. The Labute approximate surface area is 206 Å². The van der Waals surface area contributed by atoms with Gasteiger partial charge >= 0.3 is 0 Å². The first-order valence-electron chi connectivity index (χ1n) is 13.1. The van der Waals surface area contributed by atoms with E-state index in [1.54, 1.807) is 11.3 Å². The van der Waals surface area contributed by atoms with Gasteiger partial charge in [0.15, 0.2) is 5.76 Å². The topological polar surface area (TPSA) is 65.4 Å². The molecule has 3 aromatic rings. The van der Waals surface area contributed by atoms with Crippen molar-refractivity contribution in [1.29, 1.82) is 0 Å². The van der Waals surface area contributed by atoms with Gasteiger partial charge in [-0.05, 0) is 43.0 Å². The highest BCUT2D eigenvalue weighted by Crippen LogP contribution is 2.34. The molecule has 1 amide bonds. The highest BCUT2D eigenvalue weighted by molar-refractivity contribution is 6.03. The average molecular weight is 475 g/mol. The predicted molar refractivity (Wildman–Crippen MR) is 135 cm³/mol. The van der Waals surface area contributed by atoms with Gasteiger partial charge in [0.1, 0.15) is 23.1 Å². The molecule has 1 aromatic carbocycles. The van der Waals surface area contributed by atoms with Gasteiger partial charge in [-0.1, -0.05) is 37.5 Å². The molecule has 184 valence electrons. The summed E-state index contributed by atoms with van der Waals surface area (Å²) in [5.41, 5.74) is 1.61. The number of para-hydroxylation sites is 1. The van der Waals surface area contributed by atoms with E-state index in [4.69, 9.17) is 13.9 Å². The molecule has 0 radical (unpaired) electrons. The lowest BCUT2D eigenvalue weighted by Gasteiger charge is -2.37. The Balaban J connectivity index is 1.12. The molecule has 0 bridgehead atoms. The monoisotopic (exact) mass is 474 g/mol. The highest BCUT2D eigenvalue weighted by Gasteiger charge is 2.36. The van der Waals surface area contributed by atoms with Crippen LogP contribution in [0.1, 0.15) is 56.1 Å². The number of hydrogen-bond acceptors (Lipinski definition) is 6. The Bertz CT molecular complexity index is 1140. The van der Waals surface area contributed by atoms with E-state index < -0.39 is 0 Å². The summed E-state index contributed by atoms with van der Waals surface area (Å²) in [6.45, 7) is 5.54. The summed E-state index contributed by atoms with van der Waals surface area (Å²) < 4.78 is 11.8. The summed E-state index contributed by atoms with van der Waals surface area (Å²) in [5.74, 6) is 2.35. The van der Waals surface area contributed by atoms with Gasteiger partial charge in [0, 0.05) is 44.5 Å². The van der Waals surface area contributed by atoms with E-state index >= 15 is 0 Å². The van der Waals surface area contributed by atoms with Crippen molar-refractivity contribution < 1.29 is 13.6 Å². The van der Waals surface area contributed by atoms with Crippen molar-refractivity contribution in [3.8, 4) is 0 Å². The number of nitrogens with zero attached hydrogens (tertiary/aromatic N) is 4. The van der Waals surface area contributed by atoms with Crippen LogP contribution in [0.15, 0.2) is 62.7 Å². The van der Waals surface area contributed by atoms with Crippen molar-refractivity contribution >= 4 is 22.6 Å². The number of hydrazone groups is 1. The smallest absolute Gasteiger partial charge is 0.257 e. The summed E-state index contributed by atoms with van der Waals surface area (Å²) in [7, 11) is 0. The Hall–Kier alpha value is -2.90. The Kier molecular flexibility index (Phi) is 6.44. The summed E-state index contributed by atoms with van der Waals surface area (Å²) in [5, 5.41) is 7.42. The van der Waals surface area contributed by atoms with Crippen LogP contribution in [0.25, 0.3) is 11.0 Å². The number of piperazine rings is 1. The molecule has 2 fully saturated rings. The molecule has 0 spiro atoms. The van der Waals surface area contributed by atoms with Crippen molar-refractivity contribution in [2.45, 2.75) is 44.6 Å². The molecule has 35 heavy (non-hydrogen) atoms. The first-order valence-corrected chi connectivity index (χ1v) is 13.1. The van der Waals surface area contributed by atoms with E-state index in [9.17, 15) is 4.79 Å². The van der Waals surface area contributed by atoms with Crippen LogP contribution in [0.3, 0.4) is 0 Å². The molecule has 2 aromatic heterocycles. The summed E-state index contributed by atoms with van der Waals surface area (Å²) in [4.78, 5) is 18.3. The van der Waals surface area contributed by atoms with Gasteiger partial charge in [-0.15, -0.1) is 0 Å². The van der Waals surface area contributed by atoms with Crippen molar-refractivity contribution in [3.63, 3.8) is 0 Å². The largest absolute Gasteiger partial charge is 0.467 e. The fourth-order valence-electron chi connectivity index (χ4n) is 5.84. The molecule has 1 aliphatic carbocycles. The lowest BCUT2D eigenvalue weighted by molar-refractivity contribution is -0.135. The van der Waals surface area contributed by atoms with Gasteiger partial charge in [-0.2, -0.15) is 5.10 Å². The third-order valence-corrected chi connectivity index (χ3v) is 7.81. The Morgan fingerprint density at radius 1 is 0.971 bits per heavy atom. The molecule has 4 heterocycles. The second kappa shape index (κ2) is 9.99. The van der Waals surface area contributed by atoms with Gasteiger partial charge in [0.2, 0.25) is 0 Å². The predicted octanol–water partition coefficient (Wildman–Crippen LogP) is 4.90. The number of carbonyl (C=O) groups excluding carboxylic acids is 1. The third-order valence-electron chi connectivity index (χ3n) is 7.81. The van der Waals surface area contributed by atoms with Crippen LogP contribution in [0.5, 0.6) is 0 Å². The van der Waals surface area contributed by atoms with E-state index in [0.717, 1.165) is 60.3 Å². The van der Waals surface area contributed by atoms with Crippen LogP contribution in [-0.2, 0) is 4.79 Å². The van der Waals surface area contributed by atoms with Crippen LogP contribution in [0.2, 0.25) is 0 Å². The fraction of sp³-hybridized carbons (Fsp3) is 0.500. The van der Waals surface area contributed by atoms with Crippen LogP contribution < -0.4 is 0 Å². The molecule has 7 heteroatoms. The van der Waals surface area contributed by atoms with E-state index in [1.807, 2.05) is 42.5 Å². The lowest BCUT2D eigenvalue weighted by Crippen LogP contribution is -2.50. The van der Waals surface area contributed by atoms with E-state index in [1.165, 1.54) is 38.6 Å². The molecule has 1 saturated carbocycles. The number of rotatable bonds is 6. The zero-order valence-corrected chi connectivity index (χ0v) is 20.3. The number of benzene rings is 1. The lowest BCUT2D eigenvalue weighted by atomic mass is 9.89. The maximum Gasteiger partial charge on any atom is 0.257 e. The molecule has 2 aliphatic heterocycles. The van der Waals surface area contributed by atoms with Gasteiger partial charge in [0.25, 0.3) is 5.91 Å². The molecule has 6 rings (SSSR count). The first kappa shape index (κ1) is 22.6. The summed E-state index contributed by atoms with van der Waals surface area (Å²) in [6.07, 6.45) is 9.19. The number of carbonyl (C=O) groups is 1. The Morgan fingerprint density at radius 3 is 2.54 bits per heavy atom. The molecule has 7 nitrogen and oxygen atoms in total. The maximum atomic E-state index is 13.5. The first-order chi connectivity index (χ1) is 17.2. The molecule has 3 aliphatic rings. The quantitative estimate of drug-likeness (QED) is 0.508. The minimum absolute atomic E-state index is 0.0123. The molecule has 1 saturated heterocycles. The molecule has 1 atom stereocenters. The van der Waals surface area contributed by atoms with E-state index in [0.29, 0.717) is 13.0 Å². The number of fused-ring (bicyclic) bond motifs is 1. The summed E-state index contributed by atoms with van der Waals surface area (Å²) >= 11 is 0. The Morgan fingerprint density at radius 2 is 1.77 bits per heavy atom. The van der Waals surface area contributed by atoms with E-state index in [2.05, 4.69) is 9.80 Å². The van der Waals surface area contributed by atoms with Crippen molar-refractivity contribution in [2.24, 2.45) is 11.0 Å². The zero-order chi connectivity index (χ0) is 23.6. The maximum absolute atomic E-state index is 13.5. The van der Waals surface area contributed by atoms with Crippen LogP contribution >= 0.6 is 0 Å². The average Bonchev–Trinajstić information content (AvgIpc) is 3.64. The van der Waals surface area contributed by atoms with Gasteiger partial charge < -0.3 is 13.7 Å². The number of furan rings is 2. The number of amides is 1. The highest BCUT2D eigenvalue weighted by atomic mass is 16.3. The summed E-state index contributed by atoms with van der Waals surface area (Å²) in [6, 6.07) is 13.5. The van der Waals surface area contributed by atoms with Gasteiger partial charge in [-0.25, -0.2) is 5.01 Å². The van der Waals surface area contributed by atoms with Crippen molar-refractivity contribution in [3.05, 3.63) is 60.2 Å². The van der Waals surface area contributed by atoms with Crippen LogP contribution in [-0.4, -0.2) is 65.7 Å². The third kappa shape index (κ3) is 4.93. The van der Waals surface area contributed by atoms with Crippen molar-refractivity contribution in [2.75, 3.05) is 39.3 Å². The van der Waals surface area contributed by atoms with Gasteiger partial charge in [-0.3, -0.25) is 9.69 Å². The van der Waals surface area contributed by atoms with Crippen LogP contribution in [0.4, 0.5) is 0 Å². The fourth-order valence-corrected chi connectivity index (χ4v) is 5.84. The van der Waals surface area contributed by atoms with E-state index in [-0.39, 0.29) is 11.9 Å². The molecular weight excluding hydrogens is 440 g/mol. The molecule has 0 N–H and O–H groups in total. The second-order valence-electron chi connectivity index (χ2n) is 10.2. The molecular formula is C28H34N4O3. The molecule has 1 unspecified atom stereocenters.